The maximum Gasteiger partial charge on any atom is 0.416 e. The lowest BCUT2D eigenvalue weighted by molar-refractivity contribution is -0.137. The maximum atomic E-state index is 13.5. The van der Waals surface area contributed by atoms with Crippen LogP contribution in [0, 0.1) is 0 Å². The fraction of sp³-hybridized carbons (Fsp3) is 0.172. The summed E-state index contributed by atoms with van der Waals surface area (Å²) in [6.07, 6.45) is -2.53. The normalized spacial score (nSPS) is 11.5. The number of rotatable bonds is 9. The van der Waals surface area contributed by atoms with Crippen LogP contribution in [0.15, 0.2) is 83.8 Å². The Hall–Kier alpha value is -5.13. The molecule has 0 unspecified atom stereocenters. The molecule has 41 heavy (non-hydrogen) atoms. The molecule has 12 heteroatoms. The zero-order valence-corrected chi connectivity index (χ0v) is 21.7. The summed E-state index contributed by atoms with van der Waals surface area (Å²) in [7, 11) is 0. The van der Waals surface area contributed by atoms with Crippen LogP contribution < -0.4 is 21.9 Å². The number of halogens is 3. The first kappa shape index (κ1) is 27.4. The fourth-order valence-corrected chi connectivity index (χ4v) is 4.37. The fourth-order valence-electron chi connectivity index (χ4n) is 4.37. The zero-order chi connectivity index (χ0) is 29.0. The number of nitrogen functional groups attached to an aromatic ring is 1. The van der Waals surface area contributed by atoms with Crippen molar-refractivity contribution in [2.24, 2.45) is 0 Å². The van der Waals surface area contributed by atoms with Crippen LogP contribution in [0.2, 0.25) is 0 Å². The number of H-pyrrole nitrogens is 1. The minimum atomic E-state index is -4.51. The van der Waals surface area contributed by atoms with Gasteiger partial charge in [0.05, 0.1) is 22.8 Å². The van der Waals surface area contributed by atoms with E-state index in [0.29, 0.717) is 24.0 Å². The summed E-state index contributed by atoms with van der Waals surface area (Å²) in [5, 5.41) is 5.84. The summed E-state index contributed by atoms with van der Waals surface area (Å²) in [6, 6.07) is 19.3. The third-order valence-corrected chi connectivity index (χ3v) is 6.45. The molecule has 0 aliphatic heterocycles. The van der Waals surface area contributed by atoms with Crippen molar-refractivity contribution in [3.8, 4) is 11.4 Å². The number of carbonyl (C=O) groups excluding carboxylic acids is 1. The van der Waals surface area contributed by atoms with Gasteiger partial charge in [0, 0.05) is 18.7 Å². The molecule has 0 saturated heterocycles. The van der Waals surface area contributed by atoms with Gasteiger partial charge in [-0.1, -0.05) is 48.5 Å². The number of carbonyl (C=O) groups is 1. The van der Waals surface area contributed by atoms with Gasteiger partial charge in [0.2, 0.25) is 5.91 Å². The van der Waals surface area contributed by atoms with E-state index in [1.165, 1.54) is 18.3 Å². The molecule has 0 spiro atoms. The Bertz CT molecular complexity index is 1730. The Kier molecular flexibility index (Phi) is 7.72. The minimum Gasteiger partial charge on any atom is -0.379 e. The molecule has 0 saturated carbocycles. The van der Waals surface area contributed by atoms with Gasteiger partial charge in [-0.15, -0.1) is 0 Å². The summed E-state index contributed by atoms with van der Waals surface area (Å²) in [6.45, 7) is 0.212. The van der Waals surface area contributed by atoms with Crippen LogP contribution in [0.25, 0.3) is 22.4 Å². The van der Waals surface area contributed by atoms with E-state index in [1.807, 2.05) is 30.3 Å². The number of aromatic nitrogens is 4. The lowest BCUT2D eigenvalue weighted by Gasteiger charge is -2.15. The number of nitrogens with two attached hydrogens (primary N) is 1. The Morgan fingerprint density at radius 2 is 1.76 bits per heavy atom. The molecule has 0 fully saturated rings. The molecule has 210 valence electrons. The molecule has 1 amide bonds. The van der Waals surface area contributed by atoms with Gasteiger partial charge in [0.25, 0.3) is 5.56 Å². The molecule has 0 aliphatic rings. The molecule has 5 aromatic rings. The Labute approximate surface area is 232 Å². The van der Waals surface area contributed by atoms with Gasteiger partial charge in [-0.3, -0.25) is 14.2 Å². The lowest BCUT2D eigenvalue weighted by Crippen LogP contribution is -2.34. The van der Waals surface area contributed by atoms with E-state index in [0.717, 1.165) is 27.8 Å². The predicted molar refractivity (Wildman–Crippen MR) is 150 cm³/mol. The second-order valence-electron chi connectivity index (χ2n) is 9.37. The van der Waals surface area contributed by atoms with E-state index in [9.17, 15) is 22.8 Å². The highest BCUT2D eigenvalue weighted by molar-refractivity contribution is 5.79. The standard InChI is InChI=1S/C29H26F3N7O2/c30-29(31,32)21-9-7-20(8-10-21)26-36-16-24(34-13-12-18-4-2-1-3-5-18)27(41)39(26)17-25(40)35-15-19-6-11-22-23(14-19)38-28(33)37-22/h1-11,14,16,34H,12-13,15,17H2,(H,35,40)(H3,33,37,38). The smallest absolute Gasteiger partial charge is 0.379 e. The van der Waals surface area contributed by atoms with Gasteiger partial charge in [0.1, 0.15) is 18.1 Å². The highest BCUT2D eigenvalue weighted by Gasteiger charge is 2.30. The summed E-state index contributed by atoms with van der Waals surface area (Å²) >= 11 is 0. The van der Waals surface area contributed by atoms with Crippen molar-refractivity contribution < 1.29 is 18.0 Å². The number of amides is 1. The number of imidazole rings is 1. The van der Waals surface area contributed by atoms with Crippen molar-refractivity contribution in [3.63, 3.8) is 0 Å². The van der Waals surface area contributed by atoms with Crippen molar-refractivity contribution in [2.45, 2.75) is 25.7 Å². The highest BCUT2D eigenvalue weighted by atomic mass is 19.4. The van der Waals surface area contributed by atoms with E-state index < -0.39 is 29.8 Å². The predicted octanol–water partition coefficient (Wildman–Crippen LogP) is 4.36. The quantitative estimate of drug-likeness (QED) is 0.212. The number of nitrogens with one attached hydrogen (secondary N) is 3. The van der Waals surface area contributed by atoms with Crippen molar-refractivity contribution in [2.75, 3.05) is 17.6 Å². The van der Waals surface area contributed by atoms with E-state index in [2.05, 4.69) is 25.6 Å². The highest BCUT2D eigenvalue weighted by Crippen LogP contribution is 2.30. The topological polar surface area (TPSA) is 131 Å². The molecule has 9 nitrogen and oxygen atoms in total. The van der Waals surface area contributed by atoms with E-state index in [-0.39, 0.29) is 29.6 Å². The number of alkyl halides is 3. The SMILES string of the molecule is Nc1nc2ccc(CNC(=O)Cn3c(-c4ccc(C(F)(F)F)cc4)ncc(NCCc4ccccc4)c3=O)cc2[nH]1. The molecule has 0 atom stereocenters. The maximum absolute atomic E-state index is 13.5. The van der Waals surface area contributed by atoms with E-state index in [4.69, 9.17) is 5.73 Å². The molecule has 0 aliphatic carbocycles. The second-order valence-corrected chi connectivity index (χ2v) is 9.37. The molecule has 0 radical (unpaired) electrons. The van der Waals surface area contributed by atoms with Gasteiger partial charge >= 0.3 is 6.18 Å². The summed E-state index contributed by atoms with van der Waals surface area (Å²) < 4.78 is 40.5. The number of aromatic amines is 1. The van der Waals surface area contributed by atoms with Crippen LogP contribution in [0.4, 0.5) is 24.8 Å². The average molecular weight is 562 g/mol. The van der Waals surface area contributed by atoms with Crippen LogP contribution in [-0.4, -0.2) is 32.0 Å². The molecule has 2 heterocycles. The summed E-state index contributed by atoms with van der Waals surface area (Å²) in [5.74, 6) is -0.129. The average Bonchev–Trinajstić information content (AvgIpc) is 3.33. The van der Waals surface area contributed by atoms with Gasteiger partial charge in [-0.05, 0) is 41.8 Å². The number of nitrogens with zero attached hydrogens (tertiary/aromatic N) is 3. The Balaban J connectivity index is 1.37. The number of fused-ring (bicyclic) bond motifs is 1. The monoisotopic (exact) mass is 561 g/mol. The Morgan fingerprint density at radius 1 is 1.00 bits per heavy atom. The van der Waals surface area contributed by atoms with Crippen LogP contribution in [0.3, 0.4) is 0 Å². The number of benzene rings is 3. The minimum absolute atomic E-state index is 0.0711. The van der Waals surface area contributed by atoms with Crippen LogP contribution in [0.5, 0.6) is 0 Å². The van der Waals surface area contributed by atoms with E-state index >= 15 is 0 Å². The zero-order valence-electron chi connectivity index (χ0n) is 21.7. The van der Waals surface area contributed by atoms with Crippen molar-refractivity contribution >= 4 is 28.6 Å². The largest absolute Gasteiger partial charge is 0.416 e. The number of hydrogen-bond donors (Lipinski definition) is 4. The Morgan fingerprint density at radius 3 is 2.49 bits per heavy atom. The lowest BCUT2D eigenvalue weighted by atomic mass is 10.1. The summed E-state index contributed by atoms with van der Waals surface area (Å²) in [4.78, 5) is 37.9. The third kappa shape index (κ3) is 6.55. The molecule has 0 bridgehead atoms. The van der Waals surface area contributed by atoms with Crippen LogP contribution in [-0.2, 0) is 30.5 Å². The van der Waals surface area contributed by atoms with Crippen LogP contribution in [0.1, 0.15) is 16.7 Å². The van der Waals surface area contributed by atoms with Gasteiger partial charge in [-0.2, -0.15) is 13.2 Å². The molecule has 3 aromatic carbocycles. The summed E-state index contributed by atoms with van der Waals surface area (Å²) in [5.41, 5.74) is 8.03. The molecule has 5 rings (SSSR count). The van der Waals surface area contributed by atoms with Crippen molar-refractivity contribution in [1.29, 1.82) is 0 Å². The number of hydrogen-bond acceptors (Lipinski definition) is 6. The molecule has 5 N–H and O–H groups in total. The molecular formula is C29H26F3N7O2. The van der Waals surface area contributed by atoms with Crippen molar-refractivity contribution in [1.82, 2.24) is 24.8 Å². The first-order valence-electron chi connectivity index (χ1n) is 12.7. The first-order valence-corrected chi connectivity index (χ1v) is 12.7. The molecule has 2 aromatic heterocycles. The number of anilines is 2. The molecular weight excluding hydrogens is 535 g/mol. The van der Waals surface area contributed by atoms with Crippen molar-refractivity contribution in [3.05, 3.63) is 106 Å². The second kappa shape index (κ2) is 11.5. The van der Waals surface area contributed by atoms with Gasteiger partial charge in [-0.25, -0.2) is 9.97 Å². The first-order chi connectivity index (χ1) is 19.7. The van der Waals surface area contributed by atoms with Crippen LogP contribution >= 0.6 is 0 Å². The van der Waals surface area contributed by atoms with Gasteiger partial charge in [0.15, 0.2) is 5.95 Å². The van der Waals surface area contributed by atoms with Gasteiger partial charge < -0.3 is 21.4 Å². The third-order valence-electron chi connectivity index (χ3n) is 6.45. The van der Waals surface area contributed by atoms with E-state index in [1.54, 1.807) is 18.2 Å².